The molecule has 2 heterocycles. The Labute approximate surface area is 315 Å². The van der Waals surface area contributed by atoms with E-state index >= 15 is 0 Å². The van der Waals surface area contributed by atoms with Gasteiger partial charge in [-0.3, -0.25) is 0 Å². The Morgan fingerprint density at radius 1 is 0.788 bits per heavy atom. The lowest BCUT2D eigenvalue weighted by molar-refractivity contribution is -0.336. The van der Waals surface area contributed by atoms with Crippen LogP contribution in [-0.4, -0.2) is 78.5 Å². The standard InChI is InChI=1S/C38H46N4O8S2/c1-9-35(43)46-24-38(4,25-49-47-22-29(39-5)36-41(20-18-27(2)44-7)31-14-10-12-16-33(31)51-36)26-50-48-23-30(40-6)37-42(21-19-28(3)45-8)32-15-11-13-17-34(32)52-37/h9-17,27-28H,1,18-26H2,2-4,7-8H3/b36-29+,37-30+. The minimum atomic E-state index is -0.920. The van der Waals surface area contributed by atoms with Crippen LogP contribution < -0.4 is 9.80 Å². The minimum Gasteiger partial charge on any atom is -0.462 e. The third-order valence-electron chi connectivity index (χ3n) is 8.40. The van der Waals surface area contributed by atoms with Crippen molar-refractivity contribution < 1.29 is 38.6 Å². The van der Waals surface area contributed by atoms with E-state index in [2.05, 4.69) is 26.1 Å². The van der Waals surface area contributed by atoms with E-state index in [0.29, 0.717) is 24.5 Å². The first-order chi connectivity index (χ1) is 25.2. The number of carbonyl (C=O) groups is 1. The molecule has 2 atom stereocenters. The molecule has 0 radical (unpaired) electrons. The number of benzene rings is 2. The zero-order valence-electron chi connectivity index (χ0n) is 30.3. The lowest BCUT2D eigenvalue weighted by atomic mass is 9.94. The first kappa shape index (κ1) is 40.9. The predicted octanol–water partition coefficient (Wildman–Crippen LogP) is 7.87. The van der Waals surface area contributed by atoms with E-state index in [1.807, 2.05) is 62.4 Å². The second kappa shape index (κ2) is 20.4. The number of para-hydroxylation sites is 2. The first-order valence-corrected chi connectivity index (χ1v) is 18.4. The van der Waals surface area contributed by atoms with Gasteiger partial charge in [-0.1, -0.05) is 61.3 Å². The molecule has 2 unspecified atom stereocenters. The van der Waals surface area contributed by atoms with Crippen LogP contribution in [0.5, 0.6) is 0 Å². The number of rotatable bonds is 21. The van der Waals surface area contributed by atoms with Crippen molar-refractivity contribution in [2.45, 2.75) is 55.6 Å². The lowest BCUT2D eigenvalue weighted by Crippen LogP contribution is -2.35. The van der Waals surface area contributed by atoms with Crippen LogP contribution in [-0.2, 0) is 38.6 Å². The van der Waals surface area contributed by atoms with Gasteiger partial charge in [0.2, 0.25) is 11.4 Å². The number of methoxy groups -OCH3 is 2. The molecule has 0 bridgehead atoms. The molecule has 2 aromatic rings. The van der Waals surface area contributed by atoms with E-state index < -0.39 is 11.4 Å². The monoisotopic (exact) mass is 750 g/mol. The number of thioether (sulfide) groups is 2. The summed E-state index contributed by atoms with van der Waals surface area (Å²) in [5, 5.41) is 1.56. The Morgan fingerprint density at radius 3 is 1.63 bits per heavy atom. The largest absolute Gasteiger partial charge is 0.462 e. The van der Waals surface area contributed by atoms with Gasteiger partial charge in [0.1, 0.15) is 19.8 Å². The average Bonchev–Trinajstić information content (AvgIpc) is 3.73. The molecule has 0 aliphatic carbocycles. The first-order valence-electron chi connectivity index (χ1n) is 16.8. The quantitative estimate of drug-likeness (QED) is 0.0310. The molecule has 0 aromatic heterocycles. The third kappa shape index (κ3) is 11.1. The molecule has 2 aliphatic rings. The smallest absolute Gasteiger partial charge is 0.330 e. The van der Waals surface area contributed by atoms with Crippen LogP contribution in [0.25, 0.3) is 9.69 Å². The Kier molecular flexibility index (Phi) is 16.1. The highest BCUT2D eigenvalue weighted by molar-refractivity contribution is 8.04. The summed E-state index contributed by atoms with van der Waals surface area (Å²) in [6, 6.07) is 16.0. The zero-order chi connectivity index (χ0) is 37.5. The van der Waals surface area contributed by atoms with Crippen LogP contribution in [0.15, 0.2) is 92.4 Å². The van der Waals surface area contributed by atoms with E-state index in [9.17, 15) is 4.79 Å². The van der Waals surface area contributed by atoms with E-state index in [4.69, 9.17) is 46.9 Å². The normalized spacial score (nSPS) is 17.7. The fourth-order valence-electron chi connectivity index (χ4n) is 5.08. The van der Waals surface area contributed by atoms with Crippen molar-refractivity contribution in [3.05, 3.63) is 105 Å². The highest BCUT2D eigenvalue weighted by Gasteiger charge is 2.32. The Balaban J connectivity index is 1.38. The van der Waals surface area contributed by atoms with Gasteiger partial charge < -0.3 is 24.0 Å². The fraction of sp³-hybridized carbons (Fsp3) is 0.447. The number of esters is 1. The predicted molar refractivity (Wildman–Crippen MR) is 202 cm³/mol. The van der Waals surface area contributed by atoms with Crippen molar-refractivity contribution in [2.75, 3.05) is 70.1 Å². The van der Waals surface area contributed by atoms with Gasteiger partial charge in [-0.15, -0.1) is 0 Å². The van der Waals surface area contributed by atoms with Gasteiger partial charge in [0.15, 0.2) is 0 Å². The van der Waals surface area contributed by atoms with Crippen molar-refractivity contribution in [3.8, 4) is 0 Å². The van der Waals surface area contributed by atoms with Gasteiger partial charge in [-0.25, -0.2) is 34.0 Å². The van der Waals surface area contributed by atoms with Gasteiger partial charge in [0.25, 0.3) is 0 Å². The third-order valence-corrected chi connectivity index (χ3v) is 10.8. The molecule has 0 fully saturated rings. The topological polar surface area (TPSA) is 96.9 Å². The SMILES string of the molecule is [C-]#[N+]/C(COOCC(C)(COOC/C([N+]#[C-])=C1\Sc2ccccc2N1CCC(C)OC)COC(=O)C=C)=C1/Sc2ccccc2N1CCC(C)OC. The molecule has 14 heteroatoms. The molecular formula is C38H46N4O8S2. The molecular weight excluding hydrogens is 705 g/mol. The van der Waals surface area contributed by atoms with Crippen LogP contribution in [0.1, 0.15) is 33.6 Å². The number of ether oxygens (including phenoxy) is 3. The molecule has 0 saturated carbocycles. The summed E-state index contributed by atoms with van der Waals surface area (Å²) in [5.41, 5.74) is 1.92. The number of carbonyl (C=O) groups excluding carboxylic acids is 1. The summed E-state index contributed by atoms with van der Waals surface area (Å²) in [6.45, 7) is 26.0. The van der Waals surface area contributed by atoms with Crippen molar-refractivity contribution in [1.82, 2.24) is 0 Å². The van der Waals surface area contributed by atoms with Crippen molar-refractivity contribution in [2.24, 2.45) is 5.41 Å². The Hall–Kier alpha value is -3.83. The minimum absolute atomic E-state index is 0.0575. The second-order valence-corrected chi connectivity index (χ2v) is 14.6. The fourth-order valence-corrected chi connectivity index (χ4v) is 7.40. The molecule has 4 rings (SSSR count). The summed E-state index contributed by atoms with van der Waals surface area (Å²) in [5.74, 6) is -0.602. The molecule has 0 saturated heterocycles. The number of hydrogen-bond donors (Lipinski definition) is 0. The Morgan fingerprint density at radius 2 is 1.23 bits per heavy atom. The summed E-state index contributed by atoms with van der Waals surface area (Å²) >= 11 is 3.04. The van der Waals surface area contributed by atoms with Crippen LogP contribution in [0, 0.1) is 18.6 Å². The second-order valence-electron chi connectivity index (χ2n) is 12.5. The van der Waals surface area contributed by atoms with Crippen LogP contribution in [0.2, 0.25) is 0 Å². The van der Waals surface area contributed by atoms with E-state index in [-0.39, 0.29) is 45.2 Å². The summed E-state index contributed by atoms with van der Waals surface area (Å²) in [7, 11) is 3.37. The summed E-state index contributed by atoms with van der Waals surface area (Å²) < 4.78 is 16.2. The van der Waals surface area contributed by atoms with Crippen molar-refractivity contribution in [1.29, 1.82) is 0 Å². The van der Waals surface area contributed by atoms with Gasteiger partial charge >= 0.3 is 5.97 Å². The van der Waals surface area contributed by atoms with Gasteiger partial charge in [-0.05, 0) is 51.0 Å². The molecule has 0 amide bonds. The lowest BCUT2D eigenvalue weighted by Gasteiger charge is -2.27. The highest BCUT2D eigenvalue weighted by atomic mass is 32.2. The van der Waals surface area contributed by atoms with Crippen molar-refractivity contribution >= 4 is 40.9 Å². The van der Waals surface area contributed by atoms with Crippen molar-refractivity contribution in [3.63, 3.8) is 0 Å². The maximum Gasteiger partial charge on any atom is 0.330 e. The van der Waals surface area contributed by atoms with Gasteiger partial charge in [0.05, 0.1) is 65.4 Å². The molecule has 278 valence electrons. The van der Waals surface area contributed by atoms with Crippen LogP contribution >= 0.6 is 23.5 Å². The maximum absolute atomic E-state index is 12.0. The summed E-state index contributed by atoms with van der Waals surface area (Å²) in [4.78, 5) is 48.3. The molecule has 2 aromatic carbocycles. The van der Waals surface area contributed by atoms with Gasteiger partial charge in [-0.2, -0.15) is 0 Å². The highest BCUT2D eigenvalue weighted by Crippen LogP contribution is 2.48. The van der Waals surface area contributed by atoms with Gasteiger partial charge in [0, 0.05) is 43.2 Å². The maximum atomic E-state index is 12.0. The molecule has 2 aliphatic heterocycles. The van der Waals surface area contributed by atoms with E-state index in [1.165, 1.54) is 23.5 Å². The van der Waals surface area contributed by atoms with E-state index in [0.717, 1.165) is 50.1 Å². The average molecular weight is 751 g/mol. The zero-order valence-corrected chi connectivity index (χ0v) is 31.9. The van der Waals surface area contributed by atoms with Crippen LogP contribution in [0.3, 0.4) is 0 Å². The molecule has 0 N–H and O–H groups in total. The number of fused-ring (bicyclic) bond motifs is 2. The Bertz CT molecular complexity index is 1580. The molecule has 12 nitrogen and oxygen atoms in total. The number of anilines is 2. The molecule has 52 heavy (non-hydrogen) atoms. The van der Waals surface area contributed by atoms with E-state index in [1.54, 1.807) is 21.1 Å². The number of hydrogen-bond acceptors (Lipinski definition) is 12. The number of nitrogens with zero attached hydrogens (tertiary/aromatic N) is 4. The summed E-state index contributed by atoms with van der Waals surface area (Å²) in [6.07, 6.45) is 2.73. The molecule has 0 spiro atoms. The van der Waals surface area contributed by atoms with Crippen LogP contribution in [0.4, 0.5) is 11.4 Å².